The van der Waals surface area contributed by atoms with E-state index in [1.54, 1.807) is 22.7 Å². The lowest BCUT2D eigenvalue weighted by Gasteiger charge is -2.40. The largest absolute Gasteiger partial charge is 0.323 e. The highest BCUT2D eigenvalue weighted by molar-refractivity contribution is 7.99. The van der Waals surface area contributed by atoms with Crippen molar-refractivity contribution in [3.63, 3.8) is 0 Å². The fourth-order valence-electron chi connectivity index (χ4n) is 3.26. The molecule has 2 amide bonds. The number of rotatable bonds is 3. The summed E-state index contributed by atoms with van der Waals surface area (Å²) in [7, 11) is -4.01. The monoisotopic (exact) mass is 437 g/mol. The normalized spacial score (nSPS) is 24.3. The van der Waals surface area contributed by atoms with Crippen LogP contribution in [0.4, 0.5) is 4.79 Å². The van der Waals surface area contributed by atoms with E-state index in [-0.39, 0.29) is 27.5 Å². The van der Waals surface area contributed by atoms with Crippen LogP contribution in [0.2, 0.25) is 10.0 Å². The summed E-state index contributed by atoms with van der Waals surface area (Å²) in [6.07, 6.45) is 0.926. The summed E-state index contributed by atoms with van der Waals surface area (Å²) in [5.41, 5.74) is 0. The first kappa shape index (κ1) is 20.1. The molecule has 2 aliphatic rings. The Bertz CT molecular complexity index is 757. The summed E-state index contributed by atoms with van der Waals surface area (Å²) in [5.74, 6) is 1.70. The van der Waals surface area contributed by atoms with E-state index >= 15 is 0 Å². The van der Waals surface area contributed by atoms with Crippen LogP contribution >= 0.6 is 35.0 Å². The van der Waals surface area contributed by atoms with E-state index in [2.05, 4.69) is 10.6 Å². The van der Waals surface area contributed by atoms with E-state index in [9.17, 15) is 13.2 Å². The van der Waals surface area contributed by atoms with Crippen molar-refractivity contribution in [2.45, 2.75) is 22.6 Å². The zero-order valence-electron chi connectivity index (χ0n) is 14.1. The van der Waals surface area contributed by atoms with E-state index in [0.717, 1.165) is 11.5 Å². The number of nitrogens with one attached hydrogen (secondary N) is 2. The van der Waals surface area contributed by atoms with Crippen molar-refractivity contribution in [1.29, 1.82) is 0 Å². The molecule has 3 rings (SSSR count). The Morgan fingerprint density at radius 1 is 1.23 bits per heavy atom. The number of carbonyl (C=O) groups is 1. The fourth-order valence-corrected chi connectivity index (χ4v) is 7.13. The highest BCUT2D eigenvalue weighted by Gasteiger charge is 2.49. The van der Waals surface area contributed by atoms with Gasteiger partial charge in [0.15, 0.2) is 4.87 Å². The SMILES string of the molecule is O=C(N[C@]1(S(=O)(=O)c2c(Cl)cccc2Cl)CCCNC1)N1CCSCC1. The average molecular weight is 438 g/mol. The molecule has 1 atom stereocenters. The third-order valence-corrected chi connectivity index (χ3v) is 8.93. The van der Waals surface area contributed by atoms with Gasteiger partial charge in [0.2, 0.25) is 9.84 Å². The number of hydrogen-bond acceptors (Lipinski definition) is 5. The minimum absolute atomic E-state index is 0.0612. The number of benzene rings is 1. The smallest absolute Gasteiger partial charge is 0.318 e. The molecule has 10 heteroatoms. The van der Waals surface area contributed by atoms with Gasteiger partial charge in [-0.2, -0.15) is 11.8 Å². The Balaban J connectivity index is 1.97. The maximum absolute atomic E-state index is 13.5. The summed E-state index contributed by atoms with van der Waals surface area (Å²) in [5, 5.41) is 6.02. The first-order valence-corrected chi connectivity index (χ1v) is 11.8. The lowest BCUT2D eigenvalue weighted by Crippen LogP contribution is -2.64. The third-order valence-electron chi connectivity index (χ3n) is 4.68. The van der Waals surface area contributed by atoms with Crippen molar-refractivity contribution < 1.29 is 13.2 Å². The molecule has 2 aliphatic heterocycles. The molecule has 0 radical (unpaired) electrons. The van der Waals surface area contributed by atoms with Gasteiger partial charge < -0.3 is 15.5 Å². The third kappa shape index (κ3) is 3.80. The molecular weight excluding hydrogens is 417 g/mol. The Morgan fingerprint density at radius 3 is 2.46 bits per heavy atom. The summed E-state index contributed by atoms with van der Waals surface area (Å²) >= 11 is 14.1. The topological polar surface area (TPSA) is 78.5 Å². The molecule has 6 nitrogen and oxygen atoms in total. The van der Waals surface area contributed by atoms with Crippen LogP contribution in [0.25, 0.3) is 0 Å². The minimum Gasteiger partial charge on any atom is -0.323 e. The predicted octanol–water partition coefficient (Wildman–Crippen LogP) is 2.61. The highest BCUT2D eigenvalue weighted by Crippen LogP contribution is 2.37. The van der Waals surface area contributed by atoms with Crippen LogP contribution in [0.1, 0.15) is 12.8 Å². The minimum atomic E-state index is -4.01. The second-order valence-electron chi connectivity index (χ2n) is 6.36. The Labute approximate surface area is 167 Å². The number of urea groups is 1. The maximum atomic E-state index is 13.5. The van der Waals surface area contributed by atoms with Crippen LogP contribution < -0.4 is 10.6 Å². The van der Waals surface area contributed by atoms with Gasteiger partial charge in [0, 0.05) is 31.1 Å². The quantitative estimate of drug-likeness (QED) is 0.759. The van der Waals surface area contributed by atoms with E-state index in [1.165, 1.54) is 12.1 Å². The molecular formula is C16H21Cl2N3O3S2. The molecule has 0 spiro atoms. The van der Waals surface area contributed by atoms with Crippen molar-refractivity contribution in [2.24, 2.45) is 0 Å². The zero-order valence-corrected chi connectivity index (χ0v) is 17.3. The molecule has 1 aromatic carbocycles. The summed E-state index contributed by atoms with van der Waals surface area (Å²) in [6, 6.07) is 4.22. The molecule has 0 aliphatic carbocycles. The van der Waals surface area contributed by atoms with Crippen LogP contribution in [-0.4, -0.2) is 61.9 Å². The van der Waals surface area contributed by atoms with Crippen molar-refractivity contribution in [3.05, 3.63) is 28.2 Å². The van der Waals surface area contributed by atoms with Crippen LogP contribution in [0.3, 0.4) is 0 Å². The van der Waals surface area contributed by atoms with E-state index in [1.807, 2.05) is 0 Å². The second-order valence-corrected chi connectivity index (χ2v) is 10.6. The van der Waals surface area contributed by atoms with Crippen molar-refractivity contribution in [3.8, 4) is 0 Å². The van der Waals surface area contributed by atoms with Crippen molar-refractivity contribution in [2.75, 3.05) is 37.7 Å². The second kappa shape index (κ2) is 8.14. The standard InChI is InChI=1S/C16H21Cl2N3O3S2/c17-12-3-1-4-13(18)14(12)26(23,24)16(5-2-6-19-11-16)20-15(22)21-7-9-25-10-8-21/h1,3-4,19H,2,5-11H2,(H,20,22)/t16-/m0/s1. The molecule has 0 aromatic heterocycles. The molecule has 2 heterocycles. The van der Waals surface area contributed by atoms with Crippen LogP contribution in [-0.2, 0) is 9.84 Å². The molecule has 2 fully saturated rings. The number of halogens is 2. The molecule has 2 N–H and O–H groups in total. The molecule has 0 saturated carbocycles. The van der Waals surface area contributed by atoms with E-state index < -0.39 is 14.7 Å². The van der Waals surface area contributed by atoms with Gasteiger partial charge in [-0.15, -0.1) is 0 Å². The number of nitrogens with zero attached hydrogens (tertiary/aromatic N) is 1. The lowest BCUT2D eigenvalue weighted by atomic mass is 10.1. The Hall–Kier alpha value is -0.670. The average Bonchev–Trinajstić information content (AvgIpc) is 2.63. The molecule has 144 valence electrons. The van der Waals surface area contributed by atoms with E-state index in [0.29, 0.717) is 32.5 Å². The predicted molar refractivity (Wildman–Crippen MR) is 106 cm³/mol. The fraction of sp³-hybridized carbons (Fsp3) is 0.562. The number of carbonyl (C=O) groups excluding carboxylic acids is 1. The summed E-state index contributed by atoms with van der Waals surface area (Å²) in [6.45, 7) is 2.02. The zero-order chi connectivity index (χ0) is 18.8. The van der Waals surface area contributed by atoms with Crippen molar-refractivity contribution in [1.82, 2.24) is 15.5 Å². The Kier molecular flexibility index (Phi) is 6.29. The van der Waals surface area contributed by atoms with Crippen LogP contribution in [0.15, 0.2) is 23.1 Å². The maximum Gasteiger partial charge on any atom is 0.318 e. The van der Waals surface area contributed by atoms with Gasteiger partial charge in [0.1, 0.15) is 4.90 Å². The lowest BCUT2D eigenvalue weighted by molar-refractivity contribution is 0.191. The molecule has 1 aromatic rings. The molecule has 2 saturated heterocycles. The molecule has 0 unspecified atom stereocenters. The van der Waals surface area contributed by atoms with Crippen molar-refractivity contribution >= 4 is 50.8 Å². The number of piperidine rings is 1. The van der Waals surface area contributed by atoms with Crippen LogP contribution in [0.5, 0.6) is 0 Å². The Morgan fingerprint density at radius 2 is 1.88 bits per heavy atom. The molecule has 0 bridgehead atoms. The van der Waals surface area contributed by atoms with Gasteiger partial charge >= 0.3 is 6.03 Å². The summed E-state index contributed by atoms with van der Waals surface area (Å²) in [4.78, 5) is 12.8. The van der Waals surface area contributed by atoms with Gasteiger partial charge in [-0.25, -0.2) is 13.2 Å². The number of amides is 2. The highest BCUT2D eigenvalue weighted by atomic mass is 35.5. The first-order chi connectivity index (χ1) is 12.4. The van der Waals surface area contributed by atoms with Gasteiger partial charge in [-0.1, -0.05) is 29.3 Å². The number of sulfone groups is 1. The van der Waals surface area contributed by atoms with Crippen LogP contribution in [0, 0.1) is 0 Å². The molecule has 26 heavy (non-hydrogen) atoms. The van der Waals surface area contributed by atoms with Gasteiger partial charge in [-0.05, 0) is 31.5 Å². The number of thioether (sulfide) groups is 1. The van der Waals surface area contributed by atoms with Gasteiger partial charge in [-0.3, -0.25) is 0 Å². The van der Waals surface area contributed by atoms with Gasteiger partial charge in [0.05, 0.1) is 10.0 Å². The van der Waals surface area contributed by atoms with E-state index in [4.69, 9.17) is 23.2 Å². The summed E-state index contributed by atoms with van der Waals surface area (Å²) < 4.78 is 27.0. The first-order valence-electron chi connectivity index (χ1n) is 8.42. The number of hydrogen-bond donors (Lipinski definition) is 2. The van der Waals surface area contributed by atoms with Gasteiger partial charge in [0.25, 0.3) is 0 Å².